The monoisotopic (exact) mass is 209 g/mol. The Balaban J connectivity index is 1.85. The number of allylic oxidation sites excluding steroid dienone is 1. The Bertz CT molecular complexity index is 566. The van der Waals surface area contributed by atoms with Crippen LogP contribution in [0.3, 0.4) is 0 Å². The molecule has 0 saturated carbocycles. The van der Waals surface area contributed by atoms with E-state index in [4.69, 9.17) is 0 Å². The number of nitrogens with one attached hydrogen (secondary N) is 1. The van der Waals surface area contributed by atoms with Gasteiger partial charge in [0.1, 0.15) is 5.82 Å². The molecule has 78 valence electrons. The predicted molar refractivity (Wildman–Crippen MR) is 63.5 cm³/mol. The van der Waals surface area contributed by atoms with Gasteiger partial charge in [0, 0.05) is 30.1 Å². The smallest absolute Gasteiger partial charge is 0.149 e. The summed E-state index contributed by atoms with van der Waals surface area (Å²) in [5.41, 5.74) is 5.35. The number of benzene rings is 1. The summed E-state index contributed by atoms with van der Waals surface area (Å²) in [5, 5.41) is 3.37. The van der Waals surface area contributed by atoms with Gasteiger partial charge >= 0.3 is 0 Å². The zero-order valence-corrected chi connectivity index (χ0v) is 8.77. The molecule has 1 N–H and O–H groups in total. The third-order valence-electron chi connectivity index (χ3n) is 3.37. The Labute approximate surface area is 93.8 Å². The largest absolute Gasteiger partial charge is 0.357 e. The molecule has 0 unspecified atom stereocenters. The Hall–Kier alpha value is -2.03. The van der Waals surface area contributed by atoms with Crippen molar-refractivity contribution in [2.24, 2.45) is 4.99 Å². The second kappa shape index (κ2) is 2.76. The van der Waals surface area contributed by atoms with E-state index in [-0.39, 0.29) is 0 Å². The van der Waals surface area contributed by atoms with Crippen molar-refractivity contribution in [2.45, 2.75) is 6.42 Å². The molecule has 3 nitrogen and oxygen atoms in total. The number of hydrogen-bond acceptors (Lipinski definition) is 3. The van der Waals surface area contributed by atoms with E-state index >= 15 is 0 Å². The van der Waals surface area contributed by atoms with Crippen LogP contribution < -0.4 is 5.32 Å². The quantitative estimate of drug-likeness (QED) is 0.704. The molecule has 2 heterocycles. The Kier molecular flexibility index (Phi) is 1.41. The SMILES string of the molecule is C1=NC2=CNC3=C(Cc4ccccc43)N2C1. The van der Waals surface area contributed by atoms with E-state index in [2.05, 4.69) is 39.5 Å². The molecule has 0 radical (unpaired) electrons. The summed E-state index contributed by atoms with van der Waals surface area (Å²) in [4.78, 5) is 6.63. The van der Waals surface area contributed by atoms with Crippen LogP contribution in [-0.4, -0.2) is 17.7 Å². The van der Waals surface area contributed by atoms with Crippen LogP contribution in [0.1, 0.15) is 11.1 Å². The van der Waals surface area contributed by atoms with Crippen molar-refractivity contribution in [3.05, 3.63) is 53.1 Å². The highest BCUT2D eigenvalue weighted by Gasteiger charge is 2.30. The minimum atomic E-state index is 0.903. The molecular weight excluding hydrogens is 198 g/mol. The van der Waals surface area contributed by atoms with Gasteiger partial charge < -0.3 is 10.2 Å². The highest BCUT2D eigenvalue weighted by molar-refractivity contribution is 5.78. The van der Waals surface area contributed by atoms with E-state index in [1.807, 2.05) is 12.4 Å². The van der Waals surface area contributed by atoms with Crippen LogP contribution in [0.2, 0.25) is 0 Å². The number of aliphatic imine (C=N–C) groups is 1. The fraction of sp³-hybridized carbons (Fsp3) is 0.154. The van der Waals surface area contributed by atoms with Gasteiger partial charge in [0.2, 0.25) is 0 Å². The second-order valence-corrected chi connectivity index (χ2v) is 4.22. The van der Waals surface area contributed by atoms with Crippen LogP contribution in [0.25, 0.3) is 5.70 Å². The maximum atomic E-state index is 4.35. The summed E-state index contributed by atoms with van der Waals surface area (Å²) in [5.74, 6) is 1.03. The van der Waals surface area contributed by atoms with Gasteiger partial charge in [-0.15, -0.1) is 0 Å². The van der Waals surface area contributed by atoms with Gasteiger partial charge in [-0.25, -0.2) is 4.99 Å². The molecule has 0 amide bonds. The first-order valence-corrected chi connectivity index (χ1v) is 5.52. The number of hydrogen-bond donors (Lipinski definition) is 1. The number of fused-ring (bicyclic) bond motifs is 4. The van der Waals surface area contributed by atoms with Crippen LogP contribution >= 0.6 is 0 Å². The lowest BCUT2D eigenvalue weighted by Gasteiger charge is -2.25. The van der Waals surface area contributed by atoms with Crippen molar-refractivity contribution in [3.63, 3.8) is 0 Å². The first-order valence-electron chi connectivity index (χ1n) is 5.52. The first kappa shape index (κ1) is 8.16. The molecule has 1 aromatic carbocycles. The fourth-order valence-electron chi connectivity index (χ4n) is 2.61. The molecule has 3 heteroatoms. The van der Waals surface area contributed by atoms with Gasteiger partial charge in [0.15, 0.2) is 0 Å². The molecule has 4 rings (SSSR count). The average molecular weight is 209 g/mol. The fourth-order valence-corrected chi connectivity index (χ4v) is 2.61. The van der Waals surface area contributed by atoms with E-state index in [9.17, 15) is 0 Å². The second-order valence-electron chi connectivity index (χ2n) is 4.22. The molecule has 2 aliphatic heterocycles. The summed E-state index contributed by atoms with van der Waals surface area (Å²) in [7, 11) is 0. The molecule has 0 aromatic heterocycles. The lowest BCUT2D eigenvalue weighted by molar-refractivity contribution is 0.485. The normalized spacial score (nSPS) is 20.2. The van der Waals surface area contributed by atoms with Crippen LogP contribution in [0, 0.1) is 0 Å². The lowest BCUT2D eigenvalue weighted by Crippen LogP contribution is -2.26. The highest BCUT2D eigenvalue weighted by atomic mass is 15.3. The van der Waals surface area contributed by atoms with Gasteiger partial charge in [0.25, 0.3) is 0 Å². The zero-order chi connectivity index (χ0) is 10.5. The first-order chi connectivity index (χ1) is 7.93. The molecule has 1 aliphatic carbocycles. The van der Waals surface area contributed by atoms with E-state index in [0.717, 1.165) is 18.8 Å². The van der Waals surface area contributed by atoms with Gasteiger partial charge in [0.05, 0.1) is 12.2 Å². The van der Waals surface area contributed by atoms with Crippen molar-refractivity contribution in [1.82, 2.24) is 10.2 Å². The van der Waals surface area contributed by atoms with Crippen LogP contribution in [0.15, 0.2) is 47.0 Å². The maximum absolute atomic E-state index is 4.35. The third kappa shape index (κ3) is 0.902. The van der Waals surface area contributed by atoms with E-state index in [0.29, 0.717) is 0 Å². The van der Waals surface area contributed by atoms with Crippen molar-refractivity contribution < 1.29 is 0 Å². The molecule has 0 atom stereocenters. The number of nitrogens with zero attached hydrogens (tertiary/aromatic N) is 2. The Morgan fingerprint density at radius 1 is 1.25 bits per heavy atom. The van der Waals surface area contributed by atoms with Gasteiger partial charge in [-0.1, -0.05) is 24.3 Å². The van der Waals surface area contributed by atoms with Crippen molar-refractivity contribution >= 4 is 11.9 Å². The highest BCUT2D eigenvalue weighted by Crippen LogP contribution is 2.37. The Morgan fingerprint density at radius 2 is 2.19 bits per heavy atom. The summed E-state index contributed by atoms with van der Waals surface area (Å²) < 4.78 is 0. The van der Waals surface area contributed by atoms with Gasteiger partial charge in [-0.3, -0.25) is 0 Å². The third-order valence-corrected chi connectivity index (χ3v) is 3.37. The Morgan fingerprint density at radius 3 is 3.19 bits per heavy atom. The standard InChI is InChI=1S/C13H11N3/c1-2-4-10-9(3-1)7-11-13(10)15-8-12-14-5-6-16(11)12/h1-5,8,15H,6-7H2. The minimum Gasteiger partial charge on any atom is -0.357 e. The average Bonchev–Trinajstić information content (AvgIpc) is 2.92. The summed E-state index contributed by atoms with van der Waals surface area (Å²) in [6.45, 7) is 0.903. The lowest BCUT2D eigenvalue weighted by atomic mass is 10.1. The predicted octanol–water partition coefficient (Wildman–Crippen LogP) is 1.70. The maximum Gasteiger partial charge on any atom is 0.149 e. The molecule has 0 bridgehead atoms. The van der Waals surface area contributed by atoms with Crippen LogP contribution in [0.5, 0.6) is 0 Å². The van der Waals surface area contributed by atoms with E-state index in [1.54, 1.807) is 0 Å². The molecular formula is C13H11N3. The summed E-state index contributed by atoms with van der Waals surface area (Å²) in [6, 6.07) is 8.58. The zero-order valence-electron chi connectivity index (χ0n) is 8.77. The van der Waals surface area contributed by atoms with Gasteiger partial charge in [-0.05, 0) is 5.56 Å². The van der Waals surface area contributed by atoms with Crippen molar-refractivity contribution in [2.75, 3.05) is 6.54 Å². The molecule has 3 aliphatic rings. The molecule has 0 spiro atoms. The van der Waals surface area contributed by atoms with E-state index in [1.165, 1.54) is 22.5 Å². The van der Waals surface area contributed by atoms with Gasteiger partial charge in [-0.2, -0.15) is 0 Å². The van der Waals surface area contributed by atoms with Crippen molar-refractivity contribution in [1.29, 1.82) is 0 Å². The van der Waals surface area contributed by atoms with Crippen molar-refractivity contribution in [3.8, 4) is 0 Å². The molecule has 1 aromatic rings. The number of rotatable bonds is 0. The van der Waals surface area contributed by atoms with Crippen LogP contribution in [-0.2, 0) is 6.42 Å². The van der Waals surface area contributed by atoms with E-state index < -0.39 is 0 Å². The summed E-state index contributed by atoms with van der Waals surface area (Å²) >= 11 is 0. The molecule has 16 heavy (non-hydrogen) atoms. The topological polar surface area (TPSA) is 27.6 Å². The van der Waals surface area contributed by atoms with Crippen LogP contribution in [0.4, 0.5) is 0 Å². The summed E-state index contributed by atoms with van der Waals surface area (Å²) in [6.07, 6.45) is 4.97. The molecule has 0 saturated heterocycles. The minimum absolute atomic E-state index is 0.903. The molecule has 0 fully saturated rings.